The van der Waals surface area contributed by atoms with E-state index in [1.807, 2.05) is 12.1 Å². The Kier molecular flexibility index (Phi) is 5.76. The molecule has 0 bridgehead atoms. The van der Waals surface area contributed by atoms with Crippen LogP contribution < -0.4 is 5.32 Å². The molecular formula is C17H18ClN5O3S3. The molecule has 0 radical (unpaired) electrons. The van der Waals surface area contributed by atoms with Crippen molar-refractivity contribution in [2.75, 3.05) is 18.1 Å². The van der Waals surface area contributed by atoms with Crippen molar-refractivity contribution in [3.8, 4) is 0 Å². The fourth-order valence-electron chi connectivity index (χ4n) is 3.33. The number of anilines is 1. The van der Waals surface area contributed by atoms with Gasteiger partial charge in [-0.3, -0.25) is 4.79 Å². The number of carbonyl (C=O) groups is 1. The van der Waals surface area contributed by atoms with Gasteiger partial charge in [0.05, 0.1) is 34.4 Å². The van der Waals surface area contributed by atoms with Gasteiger partial charge in [0.25, 0.3) is 5.91 Å². The van der Waals surface area contributed by atoms with Gasteiger partial charge < -0.3 is 5.32 Å². The monoisotopic (exact) mass is 471 g/mol. The van der Waals surface area contributed by atoms with Gasteiger partial charge in [0.2, 0.25) is 10.0 Å². The minimum atomic E-state index is -3.36. The molecule has 8 nitrogen and oxygen atoms in total. The number of rotatable bonds is 6. The Morgan fingerprint density at radius 2 is 2.24 bits per heavy atom. The van der Waals surface area contributed by atoms with E-state index in [1.165, 1.54) is 37.9 Å². The maximum absolute atomic E-state index is 12.9. The highest BCUT2D eigenvalue weighted by atomic mass is 35.5. The summed E-state index contributed by atoms with van der Waals surface area (Å²) < 4.78 is 27.7. The van der Waals surface area contributed by atoms with E-state index >= 15 is 0 Å². The number of aromatic nitrogens is 3. The molecule has 3 aromatic heterocycles. The quantitative estimate of drug-likeness (QED) is 0.591. The Hall–Kier alpha value is -1.79. The Morgan fingerprint density at radius 1 is 1.41 bits per heavy atom. The van der Waals surface area contributed by atoms with E-state index in [0.717, 1.165) is 11.3 Å². The summed E-state index contributed by atoms with van der Waals surface area (Å²) in [7, 11) is -3.36. The van der Waals surface area contributed by atoms with Crippen LogP contribution in [0.25, 0.3) is 0 Å². The van der Waals surface area contributed by atoms with Crippen LogP contribution in [0, 0.1) is 0 Å². The molecule has 0 amide bonds. The predicted octanol–water partition coefficient (Wildman–Crippen LogP) is 3.45. The summed E-state index contributed by atoms with van der Waals surface area (Å²) in [6, 6.07) is 5.08. The van der Waals surface area contributed by atoms with Crippen LogP contribution in [0.3, 0.4) is 0 Å². The first-order chi connectivity index (χ1) is 13.8. The second-order valence-corrected chi connectivity index (χ2v) is 11.1. The maximum atomic E-state index is 12.9. The standard InChI is InChI=1S/C17H18ClN5O3S3/c1-29(25,26)22-6-2-3-14(22)12-7-16(19-8-11-4-5-15(18)28-11)23(21-12)17(24)13-9-27-10-20-13/h4-5,7,9-10,14,19H,2-3,6,8H2,1H3. The molecule has 0 spiro atoms. The summed E-state index contributed by atoms with van der Waals surface area (Å²) in [4.78, 5) is 18.0. The van der Waals surface area contributed by atoms with Gasteiger partial charge in [0.15, 0.2) is 0 Å². The normalized spacial score (nSPS) is 17.7. The topological polar surface area (TPSA) is 97.2 Å². The number of nitrogens with one attached hydrogen (secondary N) is 1. The largest absolute Gasteiger partial charge is 0.365 e. The number of halogens is 1. The van der Waals surface area contributed by atoms with Crippen molar-refractivity contribution < 1.29 is 13.2 Å². The highest BCUT2D eigenvalue weighted by molar-refractivity contribution is 7.88. The Bertz CT molecular complexity index is 1120. The van der Waals surface area contributed by atoms with Gasteiger partial charge in [-0.2, -0.15) is 14.1 Å². The van der Waals surface area contributed by atoms with Crippen LogP contribution in [-0.2, 0) is 16.6 Å². The molecule has 1 unspecified atom stereocenters. The second kappa shape index (κ2) is 8.15. The zero-order chi connectivity index (χ0) is 20.6. The number of nitrogens with zero attached hydrogens (tertiary/aromatic N) is 4. The lowest BCUT2D eigenvalue weighted by atomic mass is 10.2. The highest BCUT2D eigenvalue weighted by Gasteiger charge is 2.35. The van der Waals surface area contributed by atoms with Gasteiger partial charge in [-0.25, -0.2) is 13.4 Å². The van der Waals surface area contributed by atoms with E-state index in [9.17, 15) is 13.2 Å². The van der Waals surface area contributed by atoms with E-state index in [-0.39, 0.29) is 11.9 Å². The Labute approximate surface area is 181 Å². The van der Waals surface area contributed by atoms with Crippen LogP contribution in [0.1, 0.15) is 39.9 Å². The highest BCUT2D eigenvalue weighted by Crippen LogP contribution is 2.34. The molecular weight excluding hydrogens is 454 g/mol. The number of thiazole rings is 1. The van der Waals surface area contributed by atoms with Crippen molar-refractivity contribution >= 4 is 56.0 Å². The fraction of sp³-hybridized carbons (Fsp3) is 0.353. The van der Waals surface area contributed by atoms with Gasteiger partial charge >= 0.3 is 0 Å². The Morgan fingerprint density at radius 3 is 2.90 bits per heavy atom. The van der Waals surface area contributed by atoms with Crippen molar-refractivity contribution in [3.05, 3.63) is 49.7 Å². The summed E-state index contributed by atoms with van der Waals surface area (Å²) in [5, 5.41) is 9.35. The number of thiophene rings is 1. The lowest BCUT2D eigenvalue weighted by Gasteiger charge is -2.20. The molecule has 4 heterocycles. The third kappa shape index (κ3) is 4.38. The molecule has 0 saturated carbocycles. The predicted molar refractivity (Wildman–Crippen MR) is 114 cm³/mol. The summed E-state index contributed by atoms with van der Waals surface area (Å²) in [5.41, 5.74) is 2.42. The summed E-state index contributed by atoms with van der Waals surface area (Å²) in [6.45, 7) is 0.917. The first kappa shape index (κ1) is 20.5. The molecule has 4 rings (SSSR count). The van der Waals surface area contributed by atoms with Gasteiger partial charge in [-0.1, -0.05) is 11.6 Å². The molecule has 1 aliphatic rings. The molecule has 12 heteroatoms. The number of carbonyl (C=O) groups excluding carboxylic acids is 1. The third-order valence-electron chi connectivity index (χ3n) is 4.62. The van der Waals surface area contributed by atoms with Crippen molar-refractivity contribution in [2.45, 2.75) is 25.4 Å². The molecule has 0 aliphatic carbocycles. The SMILES string of the molecule is CS(=O)(=O)N1CCCC1c1cc(NCc2ccc(Cl)s2)n(C(=O)c2cscn2)n1. The van der Waals surface area contributed by atoms with Gasteiger partial charge in [0, 0.05) is 22.9 Å². The molecule has 3 aromatic rings. The summed E-state index contributed by atoms with van der Waals surface area (Å²) in [5.74, 6) is 0.121. The molecule has 1 saturated heterocycles. The zero-order valence-electron chi connectivity index (χ0n) is 15.4. The number of hydrogen-bond acceptors (Lipinski definition) is 8. The van der Waals surface area contributed by atoms with Crippen LogP contribution in [-0.4, -0.2) is 46.2 Å². The van der Waals surface area contributed by atoms with Crippen LogP contribution >= 0.6 is 34.3 Å². The number of hydrogen-bond donors (Lipinski definition) is 1. The lowest BCUT2D eigenvalue weighted by Crippen LogP contribution is -2.29. The van der Waals surface area contributed by atoms with E-state index in [1.54, 1.807) is 17.0 Å². The minimum Gasteiger partial charge on any atom is -0.365 e. The summed E-state index contributed by atoms with van der Waals surface area (Å²) >= 11 is 8.76. The van der Waals surface area contributed by atoms with Crippen molar-refractivity contribution in [1.29, 1.82) is 0 Å². The molecule has 1 atom stereocenters. The maximum Gasteiger partial charge on any atom is 0.299 e. The molecule has 0 aromatic carbocycles. The van der Waals surface area contributed by atoms with Crippen molar-refractivity contribution in [1.82, 2.24) is 19.1 Å². The molecule has 1 N–H and O–H groups in total. The molecule has 154 valence electrons. The molecule has 1 fully saturated rings. The van der Waals surface area contributed by atoms with E-state index < -0.39 is 10.0 Å². The van der Waals surface area contributed by atoms with Crippen molar-refractivity contribution in [3.63, 3.8) is 0 Å². The zero-order valence-corrected chi connectivity index (χ0v) is 18.6. The molecule has 1 aliphatic heterocycles. The smallest absolute Gasteiger partial charge is 0.299 e. The average Bonchev–Trinajstić information content (AvgIpc) is 3.44. The first-order valence-corrected chi connectivity index (χ1v) is 12.8. The second-order valence-electron chi connectivity index (χ2n) is 6.64. The first-order valence-electron chi connectivity index (χ1n) is 8.80. The van der Waals surface area contributed by atoms with E-state index in [4.69, 9.17) is 11.6 Å². The van der Waals surface area contributed by atoms with E-state index in [2.05, 4.69) is 15.4 Å². The lowest BCUT2D eigenvalue weighted by molar-refractivity contribution is 0.0942. The number of sulfonamides is 1. The fourth-order valence-corrected chi connectivity index (χ4v) is 6.02. The average molecular weight is 472 g/mol. The van der Waals surface area contributed by atoms with Gasteiger partial charge in [-0.15, -0.1) is 22.7 Å². The van der Waals surface area contributed by atoms with E-state index in [0.29, 0.717) is 41.1 Å². The third-order valence-corrected chi connectivity index (χ3v) is 7.72. The van der Waals surface area contributed by atoms with Crippen LogP contribution in [0.4, 0.5) is 5.82 Å². The minimum absolute atomic E-state index is 0.290. The van der Waals surface area contributed by atoms with Crippen LogP contribution in [0.15, 0.2) is 29.1 Å². The molecule has 29 heavy (non-hydrogen) atoms. The van der Waals surface area contributed by atoms with Gasteiger partial charge in [0.1, 0.15) is 11.5 Å². The summed E-state index contributed by atoms with van der Waals surface area (Å²) in [6.07, 6.45) is 2.61. The van der Waals surface area contributed by atoms with Crippen molar-refractivity contribution in [2.24, 2.45) is 0 Å². The van der Waals surface area contributed by atoms with Gasteiger partial charge in [-0.05, 0) is 25.0 Å². The Balaban J connectivity index is 1.67. The van der Waals surface area contributed by atoms with Crippen LogP contribution in [0.5, 0.6) is 0 Å². The van der Waals surface area contributed by atoms with Crippen LogP contribution in [0.2, 0.25) is 4.34 Å².